The molecule has 2 aromatic carbocycles. The normalized spacial score (nSPS) is 21.8. The Kier molecular flexibility index (Phi) is 3.77. The van der Waals surface area contributed by atoms with Crippen LogP contribution in [-0.4, -0.2) is 36.8 Å². The molecule has 1 atom stereocenters. The lowest BCUT2D eigenvalue weighted by Gasteiger charge is -2.32. The molecule has 0 radical (unpaired) electrons. The highest BCUT2D eigenvalue weighted by molar-refractivity contribution is 7.98. The van der Waals surface area contributed by atoms with Gasteiger partial charge in [-0.1, -0.05) is 18.2 Å². The number of hydrogen-bond acceptors (Lipinski definition) is 4. The fraction of sp³-hybridized carbons (Fsp3) is 0.316. The summed E-state index contributed by atoms with van der Waals surface area (Å²) in [5.74, 6) is 0.872. The van der Waals surface area contributed by atoms with E-state index in [-0.39, 0.29) is 5.91 Å². The number of benzene rings is 2. The smallest absolute Gasteiger partial charge is 0.257 e. The Morgan fingerprint density at radius 3 is 2.75 bits per heavy atom. The summed E-state index contributed by atoms with van der Waals surface area (Å²) in [7, 11) is 0. The van der Waals surface area contributed by atoms with Crippen molar-refractivity contribution in [1.82, 2.24) is 4.90 Å². The number of hydrogen-bond donors (Lipinski definition) is 0. The van der Waals surface area contributed by atoms with E-state index in [0.29, 0.717) is 19.8 Å². The highest BCUT2D eigenvalue weighted by Gasteiger charge is 2.55. The van der Waals surface area contributed by atoms with E-state index in [2.05, 4.69) is 6.07 Å². The van der Waals surface area contributed by atoms with Crippen LogP contribution < -0.4 is 4.74 Å². The van der Waals surface area contributed by atoms with Gasteiger partial charge in [-0.05, 0) is 37.4 Å². The van der Waals surface area contributed by atoms with Crippen molar-refractivity contribution < 1.29 is 14.3 Å². The highest BCUT2D eigenvalue weighted by Crippen LogP contribution is 2.48. The summed E-state index contributed by atoms with van der Waals surface area (Å²) in [5, 5.41) is 0. The van der Waals surface area contributed by atoms with Crippen LogP contribution in [0.4, 0.5) is 0 Å². The molecule has 0 saturated carbocycles. The van der Waals surface area contributed by atoms with Gasteiger partial charge in [-0.15, -0.1) is 11.8 Å². The number of rotatable bonds is 4. The van der Waals surface area contributed by atoms with Crippen molar-refractivity contribution in [2.24, 2.45) is 0 Å². The second-order valence-corrected chi connectivity index (χ2v) is 6.70. The predicted molar refractivity (Wildman–Crippen MR) is 93.6 cm³/mol. The quantitative estimate of drug-likeness (QED) is 0.798. The summed E-state index contributed by atoms with van der Waals surface area (Å²) in [5.41, 5.74) is 1.85. The van der Waals surface area contributed by atoms with Gasteiger partial charge in [0, 0.05) is 28.1 Å². The largest absolute Gasteiger partial charge is 0.494 e. The summed E-state index contributed by atoms with van der Waals surface area (Å²) < 4.78 is 11.7. The van der Waals surface area contributed by atoms with Gasteiger partial charge in [0.1, 0.15) is 5.75 Å². The lowest BCUT2D eigenvalue weighted by Crippen LogP contribution is -2.40. The SMILES string of the molecule is CCOc1ccc(C23OCCN2C(=O)c2cc(SC)ccc23)cc1. The van der Waals surface area contributed by atoms with Crippen LogP contribution in [0, 0.1) is 0 Å². The van der Waals surface area contributed by atoms with Crippen LogP contribution in [0.15, 0.2) is 47.4 Å². The van der Waals surface area contributed by atoms with Crippen LogP contribution in [0.1, 0.15) is 28.4 Å². The molecule has 2 aliphatic rings. The van der Waals surface area contributed by atoms with Gasteiger partial charge in [0.15, 0.2) is 5.72 Å². The van der Waals surface area contributed by atoms with Gasteiger partial charge in [-0.3, -0.25) is 9.69 Å². The minimum Gasteiger partial charge on any atom is -0.494 e. The lowest BCUT2D eigenvalue weighted by molar-refractivity contribution is -0.0304. The number of carbonyl (C=O) groups is 1. The third-order valence-corrected chi connectivity index (χ3v) is 5.36. The number of nitrogens with zero attached hydrogens (tertiary/aromatic N) is 1. The Morgan fingerprint density at radius 1 is 1.25 bits per heavy atom. The highest BCUT2D eigenvalue weighted by atomic mass is 32.2. The zero-order valence-electron chi connectivity index (χ0n) is 13.7. The van der Waals surface area contributed by atoms with Crippen LogP contribution in [0.5, 0.6) is 5.75 Å². The number of fused-ring (bicyclic) bond motifs is 3. The number of carbonyl (C=O) groups excluding carboxylic acids is 1. The summed E-state index contributed by atoms with van der Waals surface area (Å²) in [6, 6.07) is 13.9. The maximum atomic E-state index is 12.9. The van der Waals surface area contributed by atoms with E-state index in [4.69, 9.17) is 9.47 Å². The Morgan fingerprint density at radius 2 is 2.04 bits per heavy atom. The Bertz CT molecular complexity index is 790. The van der Waals surface area contributed by atoms with E-state index in [1.165, 1.54) is 0 Å². The number of ether oxygens (including phenoxy) is 2. The first-order valence-electron chi connectivity index (χ1n) is 8.08. The molecule has 0 aliphatic carbocycles. The van der Waals surface area contributed by atoms with Gasteiger partial charge >= 0.3 is 0 Å². The van der Waals surface area contributed by atoms with Crippen LogP contribution in [-0.2, 0) is 10.5 Å². The van der Waals surface area contributed by atoms with Crippen molar-refractivity contribution in [2.75, 3.05) is 26.0 Å². The summed E-state index contributed by atoms with van der Waals surface area (Å²) in [4.78, 5) is 15.8. The molecule has 1 saturated heterocycles. The molecule has 1 amide bonds. The molecule has 4 nitrogen and oxygen atoms in total. The van der Waals surface area contributed by atoms with E-state index in [1.807, 2.05) is 54.5 Å². The van der Waals surface area contributed by atoms with Crippen molar-refractivity contribution in [2.45, 2.75) is 17.5 Å². The molecule has 124 valence electrons. The summed E-state index contributed by atoms with van der Waals surface area (Å²) in [6.07, 6.45) is 2.01. The van der Waals surface area contributed by atoms with Crippen LogP contribution in [0.25, 0.3) is 0 Å². The van der Waals surface area contributed by atoms with Gasteiger partial charge in [0.25, 0.3) is 5.91 Å². The molecule has 1 unspecified atom stereocenters. The van der Waals surface area contributed by atoms with Crippen molar-refractivity contribution in [3.8, 4) is 5.75 Å². The molecule has 0 aromatic heterocycles. The maximum Gasteiger partial charge on any atom is 0.257 e. The van der Waals surface area contributed by atoms with Gasteiger partial charge in [0.05, 0.1) is 13.2 Å². The average molecular weight is 341 g/mol. The summed E-state index contributed by atoms with van der Waals surface area (Å²) in [6.45, 7) is 3.74. The van der Waals surface area contributed by atoms with Gasteiger partial charge in [-0.2, -0.15) is 0 Å². The van der Waals surface area contributed by atoms with Gasteiger partial charge in [-0.25, -0.2) is 0 Å². The molecule has 1 fully saturated rings. The minimum atomic E-state index is -0.798. The second kappa shape index (κ2) is 5.83. The molecular weight excluding hydrogens is 322 g/mol. The van der Waals surface area contributed by atoms with Gasteiger partial charge < -0.3 is 9.47 Å². The van der Waals surface area contributed by atoms with E-state index in [9.17, 15) is 4.79 Å². The van der Waals surface area contributed by atoms with Crippen molar-refractivity contribution >= 4 is 17.7 Å². The Hall–Kier alpha value is -1.98. The zero-order chi connectivity index (χ0) is 16.7. The zero-order valence-corrected chi connectivity index (χ0v) is 14.6. The molecule has 0 N–H and O–H groups in total. The van der Waals surface area contributed by atoms with Crippen LogP contribution in [0.2, 0.25) is 0 Å². The fourth-order valence-corrected chi connectivity index (χ4v) is 4.03. The second-order valence-electron chi connectivity index (χ2n) is 5.82. The monoisotopic (exact) mass is 341 g/mol. The molecule has 24 heavy (non-hydrogen) atoms. The van der Waals surface area contributed by atoms with Crippen molar-refractivity contribution in [3.05, 3.63) is 59.2 Å². The first-order valence-corrected chi connectivity index (χ1v) is 9.31. The summed E-state index contributed by atoms with van der Waals surface area (Å²) >= 11 is 1.64. The minimum absolute atomic E-state index is 0.0484. The number of thioether (sulfide) groups is 1. The maximum absolute atomic E-state index is 12.9. The average Bonchev–Trinajstić information content (AvgIpc) is 3.15. The fourth-order valence-electron chi connectivity index (χ4n) is 3.59. The third kappa shape index (κ3) is 2.08. The van der Waals surface area contributed by atoms with E-state index in [0.717, 1.165) is 27.3 Å². The Balaban J connectivity index is 1.85. The van der Waals surface area contributed by atoms with E-state index >= 15 is 0 Å². The molecule has 2 aliphatic heterocycles. The topological polar surface area (TPSA) is 38.8 Å². The first-order chi connectivity index (χ1) is 11.7. The van der Waals surface area contributed by atoms with Crippen LogP contribution in [0.3, 0.4) is 0 Å². The molecule has 4 rings (SSSR count). The molecule has 0 spiro atoms. The standard InChI is InChI=1S/C19H19NO3S/c1-3-22-14-6-4-13(5-7-14)19-17-9-8-15(24-2)12-16(17)18(21)20(19)10-11-23-19/h4-9,12H,3,10-11H2,1-2H3. The first kappa shape index (κ1) is 15.5. The van der Waals surface area contributed by atoms with E-state index < -0.39 is 5.72 Å². The number of amides is 1. The third-order valence-electron chi connectivity index (χ3n) is 4.63. The molecular formula is C19H19NO3S. The molecule has 2 aromatic rings. The van der Waals surface area contributed by atoms with Crippen molar-refractivity contribution in [1.29, 1.82) is 0 Å². The van der Waals surface area contributed by atoms with Crippen LogP contribution >= 0.6 is 11.8 Å². The van der Waals surface area contributed by atoms with Gasteiger partial charge in [0.2, 0.25) is 0 Å². The molecule has 2 heterocycles. The molecule has 5 heteroatoms. The predicted octanol–water partition coefficient (Wildman–Crippen LogP) is 3.49. The van der Waals surface area contributed by atoms with Crippen molar-refractivity contribution in [3.63, 3.8) is 0 Å². The van der Waals surface area contributed by atoms with E-state index in [1.54, 1.807) is 11.8 Å². The Labute approximate surface area is 145 Å². The lowest BCUT2D eigenvalue weighted by atomic mass is 9.94. The molecule has 0 bridgehead atoms.